The maximum atomic E-state index is 5.31. The van der Waals surface area contributed by atoms with E-state index in [4.69, 9.17) is 5.73 Å². The molecule has 0 bridgehead atoms. The van der Waals surface area contributed by atoms with E-state index in [0.29, 0.717) is 0 Å². The summed E-state index contributed by atoms with van der Waals surface area (Å²) in [5.41, 5.74) is 7.24. The van der Waals surface area contributed by atoms with E-state index in [-0.39, 0.29) is 0 Å². The molecule has 0 aromatic rings. The van der Waals surface area contributed by atoms with Gasteiger partial charge in [0, 0.05) is 6.20 Å². The number of allylic oxidation sites excluding steroid dienone is 5. The molecule has 0 aliphatic heterocycles. The van der Waals surface area contributed by atoms with Crippen molar-refractivity contribution in [2.75, 3.05) is 0 Å². The first-order chi connectivity index (χ1) is 4.79. The van der Waals surface area contributed by atoms with Crippen LogP contribution in [0.3, 0.4) is 0 Å². The summed E-state index contributed by atoms with van der Waals surface area (Å²) in [4.78, 5) is 0. The van der Waals surface area contributed by atoms with Crippen LogP contribution >= 0.6 is 0 Å². The summed E-state index contributed by atoms with van der Waals surface area (Å²) >= 11 is 0. The standard InChI is InChI=1S/C9H13N/c1-4-8(5-2)9(6-3)7-10/h4-7H,1,3,10H2,2H3/b8-5-,9-7+. The third kappa shape index (κ3) is 1.94. The van der Waals surface area contributed by atoms with Gasteiger partial charge in [0.15, 0.2) is 0 Å². The van der Waals surface area contributed by atoms with Crippen molar-refractivity contribution in [3.63, 3.8) is 0 Å². The first-order valence-electron chi connectivity index (χ1n) is 3.13. The molecule has 0 saturated carbocycles. The zero-order valence-corrected chi connectivity index (χ0v) is 6.30. The second-order valence-electron chi connectivity index (χ2n) is 1.77. The molecular formula is C9H13N. The summed E-state index contributed by atoms with van der Waals surface area (Å²) in [6.07, 6.45) is 6.91. The zero-order valence-electron chi connectivity index (χ0n) is 6.30. The summed E-state index contributed by atoms with van der Waals surface area (Å²) < 4.78 is 0. The Morgan fingerprint density at radius 1 is 1.20 bits per heavy atom. The molecule has 0 atom stereocenters. The zero-order chi connectivity index (χ0) is 7.98. The minimum atomic E-state index is 0.914. The largest absolute Gasteiger partial charge is 0.404 e. The average Bonchev–Trinajstić information content (AvgIpc) is 2.00. The van der Waals surface area contributed by atoms with Crippen molar-refractivity contribution in [3.05, 3.63) is 48.7 Å². The van der Waals surface area contributed by atoms with Crippen molar-refractivity contribution in [3.8, 4) is 0 Å². The second-order valence-corrected chi connectivity index (χ2v) is 1.77. The third-order valence-corrected chi connectivity index (χ3v) is 1.26. The number of hydrogen-bond donors (Lipinski definition) is 1. The Kier molecular flexibility index (Phi) is 4.05. The van der Waals surface area contributed by atoms with Crippen molar-refractivity contribution in [1.29, 1.82) is 0 Å². The molecule has 0 aromatic carbocycles. The maximum Gasteiger partial charge on any atom is 0.00172 e. The smallest absolute Gasteiger partial charge is 0.00172 e. The van der Waals surface area contributed by atoms with E-state index >= 15 is 0 Å². The van der Waals surface area contributed by atoms with Crippen LogP contribution in [-0.2, 0) is 0 Å². The van der Waals surface area contributed by atoms with E-state index in [1.165, 1.54) is 6.20 Å². The fourth-order valence-electron chi connectivity index (χ4n) is 0.684. The lowest BCUT2D eigenvalue weighted by Crippen LogP contribution is -1.87. The van der Waals surface area contributed by atoms with Gasteiger partial charge < -0.3 is 5.73 Å². The lowest BCUT2D eigenvalue weighted by molar-refractivity contribution is 1.45. The molecule has 0 aromatic heterocycles. The average molecular weight is 135 g/mol. The SMILES string of the molecule is C=CC(=C/C)/C(C=C)=C/N. The summed E-state index contributed by atoms with van der Waals surface area (Å²) in [7, 11) is 0. The van der Waals surface area contributed by atoms with Crippen LogP contribution in [-0.4, -0.2) is 0 Å². The van der Waals surface area contributed by atoms with E-state index in [0.717, 1.165) is 11.1 Å². The summed E-state index contributed by atoms with van der Waals surface area (Å²) in [5.74, 6) is 0. The summed E-state index contributed by atoms with van der Waals surface area (Å²) in [6, 6.07) is 0. The topological polar surface area (TPSA) is 26.0 Å². The van der Waals surface area contributed by atoms with Crippen LogP contribution in [0.1, 0.15) is 6.92 Å². The van der Waals surface area contributed by atoms with Crippen LogP contribution in [0.25, 0.3) is 0 Å². The van der Waals surface area contributed by atoms with Gasteiger partial charge in [-0.1, -0.05) is 31.4 Å². The predicted molar refractivity (Wildman–Crippen MR) is 46.4 cm³/mol. The van der Waals surface area contributed by atoms with Crippen molar-refractivity contribution in [2.24, 2.45) is 5.73 Å². The first kappa shape index (κ1) is 8.76. The van der Waals surface area contributed by atoms with E-state index < -0.39 is 0 Å². The van der Waals surface area contributed by atoms with Crippen LogP contribution in [0.15, 0.2) is 48.7 Å². The monoisotopic (exact) mass is 135 g/mol. The van der Waals surface area contributed by atoms with Gasteiger partial charge in [-0.2, -0.15) is 0 Å². The quantitative estimate of drug-likeness (QED) is 0.589. The molecule has 0 saturated heterocycles. The minimum absolute atomic E-state index is 0.914. The van der Waals surface area contributed by atoms with Crippen molar-refractivity contribution < 1.29 is 0 Å². The predicted octanol–water partition coefficient (Wildman–Crippen LogP) is 2.15. The molecule has 2 N–H and O–H groups in total. The Morgan fingerprint density at radius 3 is 1.80 bits per heavy atom. The van der Waals surface area contributed by atoms with Gasteiger partial charge in [0.05, 0.1) is 0 Å². The Bertz CT molecular complexity index is 163. The summed E-state index contributed by atoms with van der Waals surface area (Å²) in [5, 5.41) is 0. The van der Waals surface area contributed by atoms with Crippen LogP contribution in [0.4, 0.5) is 0 Å². The van der Waals surface area contributed by atoms with Gasteiger partial charge in [0.25, 0.3) is 0 Å². The Morgan fingerprint density at radius 2 is 1.70 bits per heavy atom. The van der Waals surface area contributed by atoms with Gasteiger partial charge in [-0.3, -0.25) is 0 Å². The maximum absolute atomic E-state index is 5.31. The van der Waals surface area contributed by atoms with Crippen molar-refractivity contribution in [2.45, 2.75) is 6.92 Å². The molecule has 1 heteroatoms. The molecule has 0 heterocycles. The van der Waals surface area contributed by atoms with Gasteiger partial charge in [-0.15, -0.1) is 0 Å². The highest BCUT2D eigenvalue weighted by Crippen LogP contribution is 2.09. The molecular weight excluding hydrogens is 122 g/mol. The number of nitrogens with two attached hydrogens (primary N) is 1. The number of hydrogen-bond acceptors (Lipinski definition) is 1. The van der Waals surface area contributed by atoms with E-state index in [1.54, 1.807) is 12.2 Å². The van der Waals surface area contributed by atoms with Crippen LogP contribution in [0.2, 0.25) is 0 Å². The van der Waals surface area contributed by atoms with E-state index in [1.807, 2.05) is 13.0 Å². The van der Waals surface area contributed by atoms with Gasteiger partial charge in [0.2, 0.25) is 0 Å². The normalized spacial score (nSPS) is 12.9. The fourth-order valence-corrected chi connectivity index (χ4v) is 0.684. The van der Waals surface area contributed by atoms with Gasteiger partial charge in [-0.25, -0.2) is 0 Å². The second kappa shape index (κ2) is 4.62. The Balaban J connectivity index is 4.58. The van der Waals surface area contributed by atoms with Gasteiger partial charge >= 0.3 is 0 Å². The Hall–Kier alpha value is -1.24. The molecule has 0 aliphatic rings. The van der Waals surface area contributed by atoms with Crippen molar-refractivity contribution >= 4 is 0 Å². The molecule has 1 nitrogen and oxygen atoms in total. The highest BCUT2D eigenvalue weighted by Gasteiger charge is 1.91. The molecule has 0 aliphatic carbocycles. The molecule has 10 heavy (non-hydrogen) atoms. The van der Waals surface area contributed by atoms with Crippen LogP contribution < -0.4 is 5.73 Å². The molecule has 54 valence electrons. The highest BCUT2D eigenvalue weighted by atomic mass is 14.5. The molecule has 0 amide bonds. The van der Waals surface area contributed by atoms with Gasteiger partial charge in [0.1, 0.15) is 0 Å². The fraction of sp³-hybridized carbons (Fsp3) is 0.111. The van der Waals surface area contributed by atoms with Crippen molar-refractivity contribution in [1.82, 2.24) is 0 Å². The van der Waals surface area contributed by atoms with E-state index in [2.05, 4.69) is 13.2 Å². The first-order valence-corrected chi connectivity index (χ1v) is 3.13. The lowest BCUT2D eigenvalue weighted by Gasteiger charge is -1.98. The van der Waals surface area contributed by atoms with Gasteiger partial charge in [-0.05, 0) is 18.1 Å². The minimum Gasteiger partial charge on any atom is -0.404 e. The van der Waals surface area contributed by atoms with Crippen LogP contribution in [0, 0.1) is 0 Å². The third-order valence-electron chi connectivity index (χ3n) is 1.26. The highest BCUT2D eigenvalue weighted by molar-refractivity contribution is 5.44. The van der Waals surface area contributed by atoms with E-state index in [9.17, 15) is 0 Å². The summed E-state index contributed by atoms with van der Waals surface area (Å²) in [6.45, 7) is 9.18. The molecule has 0 spiro atoms. The number of rotatable bonds is 3. The molecule has 0 fully saturated rings. The molecule has 0 unspecified atom stereocenters. The Labute approximate surface area is 62.2 Å². The molecule has 0 rings (SSSR count). The lowest BCUT2D eigenvalue weighted by atomic mass is 10.1. The molecule has 0 radical (unpaired) electrons. The van der Waals surface area contributed by atoms with Crippen LogP contribution in [0.5, 0.6) is 0 Å².